The molecule has 1 aromatic carbocycles. The molecule has 0 aliphatic heterocycles. The standard InChI is InChI=1S/C24H27ClN6O2/c1-15-16(2)28-31-20(13-19(25)27-21(15)31)30(23(32)33-24(3,4)5)14-17-8-7-9-18(12-17)22-26-10-11-29(22)6/h7-13H,14H2,1-6H3. The van der Waals surface area contributed by atoms with E-state index >= 15 is 0 Å². The monoisotopic (exact) mass is 466 g/mol. The maximum Gasteiger partial charge on any atom is 0.416 e. The lowest BCUT2D eigenvalue weighted by Gasteiger charge is -2.28. The summed E-state index contributed by atoms with van der Waals surface area (Å²) >= 11 is 6.36. The number of ether oxygens (including phenoxy) is 1. The summed E-state index contributed by atoms with van der Waals surface area (Å²) in [4.78, 5) is 23.7. The fourth-order valence-corrected chi connectivity index (χ4v) is 3.75. The van der Waals surface area contributed by atoms with Gasteiger partial charge in [0.15, 0.2) is 5.65 Å². The fourth-order valence-electron chi connectivity index (χ4n) is 3.57. The normalized spacial score (nSPS) is 11.7. The van der Waals surface area contributed by atoms with Crippen LogP contribution in [0.4, 0.5) is 10.6 Å². The fraction of sp³-hybridized carbons (Fsp3) is 0.333. The molecule has 0 saturated heterocycles. The lowest BCUT2D eigenvalue weighted by atomic mass is 10.1. The molecule has 4 rings (SSSR count). The number of nitrogens with zero attached hydrogens (tertiary/aromatic N) is 6. The number of hydrogen-bond donors (Lipinski definition) is 0. The second-order valence-corrected chi connectivity index (χ2v) is 9.40. The van der Waals surface area contributed by atoms with Crippen LogP contribution in [-0.2, 0) is 18.3 Å². The first kappa shape index (κ1) is 22.8. The molecule has 0 unspecified atom stereocenters. The van der Waals surface area contributed by atoms with E-state index in [1.807, 2.05) is 76.7 Å². The minimum atomic E-state index is -0.671. The van der Waals surface area contributed by atoms with Crippen LogP contribution < -0.4 is 4.90 Å². The van der Waals surface area contributed by atoms with Crippen LogP contribution in [0.1, 0.15) is 37.6 Å². The number of imidazole rings is 1. The Balaban J connectivity index is 1.81. The average Bonchev–Trinajstić information content (AvgIpc) is 3.28. The Kier molecular flexibility index (Phi) is 5.88. The van der Waals surface area contributed by atoms with Crippen molar-refractivity contribution in [2.45, 2.75) is 46.8 Å². The molecule has 0 N–H and O–H groups in total. The van der Waals surface area contributed by atoms with Crippen LogP contribution in [0.15, 0.2) is 42.7 Å². The molecule has 0 fully saturated rings. The van der Waals surface area contributed by atoms with Crippen molar-refractivity contribution in [3.05, 3.63) is 64.7 Å². The van der Waals surface area contributed by atoms with Crippen LogP contribution in [0.2, 0.25) is 5.15 Å². The summed E-state index contributed by atoms with van der Waals surface area (Å²) in [5.74, 6) is 1.33. The molecule has 0 aliphatic carbocycles. The number of halogens is 1. The summed E-state index contributed by atoms with van der Waals surface area (Å²) in [6, 6.07) is 9.55. The van der Waals surface area contributed by atoms with Gasteiger partial charge in [0.05, 0.1) is 12.2 Å². The van der Waals surface area contributed by atoms with E-state index in [9.17, 15) is 4.79 Å². The van der Waals surface area contributed by atoms with Gasteiger partial charge in [-0.1, -0.05) is 29.8 Å². The Hall–Kier alpha value is -3.39. The highest BCUT2D eigenvalue weighted by Crippen LogP contribution is 2.27. The van der Waals surface area contributed by atoms with E-state index in [0.717, 1.165) is 28.2 Å². The van der Waals surface area contributed by atoms with Crippen LogP contribution in [0.5, 0.6) is 0 Å². The van der Waals surface area contributed by atoms with Gasteiger partial charge in [-0.15, -0.1) is 0 Å². The van der Waals surface area contributed by atoms with Crippen molar-refractivity contribution >= 4 is 29.2 Å². The van der Waals surface area contributed by atoms with Crippen molar-refractivity contribution in [3.63, 3.8) is 0 Å². The molecule has 0 radical (unpaired) electrons. The third-order valence-corrected chi connectivity index (χ3v) is 5.44. The first-order chi connectivity index (χ1) is 15.5. The van der Waals surface area contributed by atoms with Crippen LogP contribution >= 0.6 is 11.6 Å². The van der Waals surface area contributed by atoms with Crippen LogP contribution in [0.25, 0.3) is 17.0 Å². The van der Waals surface area contributed by atoms with E-state index in [-0.39, 0.29) is 11.7 Å². The third kappa shape index (κ3) is 4.71. The molecule has 0 aliphatic rings. The predicted octanol–water partition coefficient (Wildman–Crippen LogP) is 5.34. The highest BCUT2D eigenvalue weighted by molar-refractivity contribution is 6.29. The Bertz CT molecular complexity index is 1330. The number of amides is 1. The molecule has 3 aromatic heterocycles. The van der Waals surface area contributed by atoms with Gasteiger partial charge in [-0.05, 0) is 46.2 Å². The first-order valence-electron chi connectivity index (χ1n) is 10.6. The smallest absolute Gasteiger partial charge is 0.416 e. The van der Waals surface area contributed by atoms with Crippen molar-refractivity contribution in [3.8, 4) is 11.4 Å². The number of rotatable bonds is 4. The molecule has 33 heavy (non-hydrogen) atoms. The zero-order valence-corrected chi connectivity index (χ0v) is 20.4. The van der Waals surface area contributed by atoms with Crippen molar-refractivity contribution < 1.29 is 9.53 Å². The van der Waals surface area contributed by atoms with Crippen molar-refractivity contribution in [2.24, 2.45) is 7.05 Å². The highest BCUT2D eigenvalue weighted by atomic mass is 35.5. The van der Waals surface area contributed by atoms with Gasteiger partial charge >= 0.3 is 6.09 Å². The lowest BCUT2D eigenvalue weighted by Crippen LogP contribution is -2.37. The zero-order valence-electron chi connectivity index (χ0n) is 19.6. The summed E-state index contributed by atoms with van der Waals surface area (Å²) in [5.41, 5.74) is 3.50. The number of anilines is 1. The van der Waals surface area contributed by atoms with E-state index in [4.69, 9.17) is 16.3 Å². The molecule has 9 heteroatoms. The second kappa shape index (κ2) is 8.51. The third-order valence-electron chi connectivity index (χ3n) is 5.24. The van der Waals surface area contributed by atoms with Gasteiger partial charge < -0.3 is 9.30 Å². The van der Waals surface area contributed by atoms with E-state index in [1.54, 1.807) is 16.8 Å². The van der Waals surface area contributed by atoms with Gasteiger partial charge in [-0.25, -0.2) is 14.8 Å². The van der Waals surface area contributed by atoms with Crippen molar-refractivity contribution in [2.75, 3.05) is 4.90 Å². The van der Waals surface area contributed by atoms with Crippen molar-refractivity contribution in [1.29, 1.82) is 0 Å². The summed E-state index contributed by atoms with van der Waals surface area (Å²) in [6.45, 7) is 9.58. The molecule has 0 atom stereocenters. The molecule has 0 bridgehead atoms. The largest absolute Gasteiger partial charge is 0.443 e. The number of fused-ring (bicyclic) bond motifs is 1. The van der Waals surface area contributed by atoms with Gasteiger partial charge in [-0.2, -0.15) is 9.61 Å². The summed E-state index contributed by atoms with van der Waals surface area (Å²) in [5, 5.41) is 4.87. The summed E-state index contributed by atoms with van der Waals surface area (Å²) in [7, 11) is 1.94. The van der Waals surface area contributed by atoms with Gasteiger partial charge in [-0.3, -0.25) is 4.90 Å². The van der Waals surface area contributed by atoms with Gasteiger partial charge in [0, 0.05) is 36.6 Å². The molecule has 3 heterocycles. The van der Waals surface area contributed by atoms with E-state index in [0.29, 0.717) is 11.5 Å². The van der Waals surface area contributed by atoms with Crippen LogP contribution in [-0.4, -0.2) is 35.8 Å². The number of aryl methyl sites for hydroxylation is 3. The Morgan fingerprint density at radius 1 is 1.21 bits per heavy atom. The Morgan fingerprint density at radius 3 is 2.64 bits per heavy atom. The quantitative estimate of drug-likeness (QED) is 0.379. The molecule has 1 amide bonds. The first-order valence-corrected chi connectivity index (χ1v) is 11.0. The average molecular weight is 467 g/mol. The minimum absolute atomic E-state index is 0.251. The van der Waals surface area contributed by atoms with E-state index in [1.165, 1.54) is 4.90 Å². The maximum absolute atomic E-state index is 13.4. The molecule has 0 saturated carbocycles. The lowest BCUT2D eigenvalue weighted by molar-refractivity contribution is 0.0575. The van der Waals surface area contributed by atoms with Gasteiger partial charge in [0.2, 0.25) is 0 Å². The molecule has 4 aromatic rings. The van der Waals surface area contributed by atoms with Gasteiger partial charge in [0.1, 0.15) is 22.4 Å². The van der Waals surface area contributed by atoms with E-state index in [2.05, 4.69) is 15.1 Å². The number of carbonyl (C=O) groups is 1. The number of hydrogen-bond acceptors (Lipinski definition) is 5. The topological polar surface area (TPSA) is 77.5 Å². The predicted molar refractivity (Wildman–Crippen MR) is 129 cm³/mol. The number of aromatic nitrogens is 5. The van der Waals surface area contributed by atoms with Crippen LogP contribution in [0, 0.1) is 13.8 Å². The minimum Gasteiger partial charge on any atom is -0.443 e. The van der Waals surface area contributed by atoms with Crippen molar-refractivity contribution in [1.82, 2.24) is 24.1 Å². The van der Waals surface area contributed by atoms with E-state index < -0.39 is 11.7 Å². The molecular formula is C24H27ClN6O2. The SMILES string of the molecule is Cc1nn2c(N(Cc3cccc(-c4nccn4C)c3)C(=O)OC(C)(C)C)cc(Cl)nc2c1C. The summed E-state index contributed by atoms with van der Waals surface area (Å²) < 4.78 is 9.33. The Labute approximate surface area is 197 Å². The molecule has 0 spiro atoms. The summed E-state index contributed by atoms with van der Waals surface area (Å²) in [6.07, 6.45) is 3.15. The molecule has 8 nitrogen and oxygen atoms in total. The maximum atomic E-state index is 13.4. The second-order valence-electron chi connectivity index (χ2n) is 9.01. The molecular weight excluding hydrogens is 440 g/mol. The van der Waals surface area contributed by atoms with Crippen LogP contribution in [0.3, 0.4) is 0 Å². The van der Waals surface area contributed by atoms with Gasteiger partial charge in [0.25, 0.3) is 0 Å². The zero-order chi connectivity index (χ0) is 23.9. The number of carbonyl (C=O) groups excluding carboxylic acids is 1. The Morgan fingerprint density at radius 2 is 1.97 bits per heavy atom. The number of benzene rings is 1. The highest BCUT2D eigenvalue weighted by Gasteiger charge is 2.27. The molecule has 172 valence electrons.